The molecule has 2 N–H and O–H groups in total. The van der Waals surface area contributed by atoms with Gasteiger partial charge >= 0.3 is 0 Å². The first kappa shape index (κ1) is 19.8. The van der Waals surface area contributed by atoms with E-state index in [-0.39, 0.29) is 11.9 Å². The molecule has 1 aromatic carbocycles. The quantitative estimate of drug-likeness (QED) is 0.868. The summed E-state index contributed by atoms with van der Waals surface area (Å²) in [6.07, 6.45) is 2.92. The molecule has 1 aromatic heterocycles. The number of hydrogen-bond acceptors (Lipinski definition) is 5. The fraction of sp³-hybridized carbons (Fsp3) is 0.522. The van der Waals surface area contributed by atoms with Crippen molar-refractivity contribution in [1.82, 2.24) is 14.9 Å². The standard InChI is InChI=1S/C23H31N5O/c1-15-6-4-5-7-20(15)18-8-11-27(12-9-18)23(29)21-25-17(3)16(2)22(26-21)28-13-10-19(24)14-28/h4-7,18-19H,8-14,24H2,1-3H3/t19-/m1/s1. The largest absolute Gasteiger partial charge is 0.355 e. The van der Waals surface area contributed by atoms with Gasteiger partial charge in [0.15, 0.2) is 0 Å². The van der Waals surface area contributed by atoms with Crippen LogP contribution in [0.25, 0.3) is 0 Å². The monoisotopic (exact) mass is 393 g/mol. The number of aryl methyl sites for hydroxylation is 2. The van der Waals surface area contributed by atoms with Crippen LogP contribution in [0.4, 0.5) is 5.82 Å². The van der Waals surface area contributed by atoms with Crippen LogP contribution in [0.5, 0.6) is 0 Å². The Morgan fingerprint density at radius 2 is 1.76 bits per heavy atom. The average molecular weight is 394 g/mol. The van der Waals surface area contributed by atoms with Crippen LogP contribution in [-0.4, -0.2) is 53.0 Å². The molecule has 0 aliphatic carbocycles. The number of nitrogens with two attached hydrogens (primary N) is 1. The van der Waals surface area contributed by atoms with Crippen molar-refractivity contribution in [2.75, 3.05) is 31.1 Å². The molecule has 29 heavy (non-hydrogen) atoms. The van der Waals surface area contributed by atoms with E-state index in [9.17, 15) is 4.79 Å². The third kappa shape index (κ3) is 3.99. The molecule has 2 fully saturated rings. The number of piperidine rings is 1. The van der Waals surface area contributed by atoms with Crippen LogP contribution in [0.3, 0.4) is 0 Å². The van der Waals surface area contributed by atoms with Gasteiger partial charge < -0.3 is 15.5 Å². The predicted molar refractivity (Wildman–Crippen MR) is 115 cm³/mol. The lowest BCUT2D eigenvalue weighted by molar-refractivity contribution is 0.0700. The van der Waals surface area contributed by atoms with Crippen molar-refractivity contribution >= 4 is 11.7 Å². The maximum absolute atomic E-state index is 13.2. The van der Waals surface area contributed by atoms with Crippen molar-refractivity contribution in [3.63, 3.8) is 0 Å². The van der Waals surface area contributed by atoms with Crippen molar-refractivity contribution in [2.45, 2.75) is 52.0 Å². The predicted octanol–water partition coefficient (Wildman–Crippen LogP) is 2.96. The van der Waals surface area contributed by atoms with Gasteiger partial charge in [-0.25, -0.2) is 9.97 Å². The number of nitrogens with zero attached hydrogens (tertiary/aromatic N) is 4. The molecule has 0 radical (unpaired) electrons. The number of aromatic nitrogens is 2. The SMILES string of the molecule is Cc1ccccc1C1CCN(C(=O)c2nc(C)c(C)c(N3CC[C@@H](N)C3)n2)CC1. The Kier molecular flexibility index (Phi) is 5.54. The Bertz CT molecular complexity index is 904. The van der Waals surface area contributed by atoms with Crippen LogP contribution in [0.2, 0.25) is 0 Å². The first-order valence-corrected chi connectivity index (χ1v) is 10.6. The molecule has 6 heteroatoms. The number of hydrogen-bond donors (Lipinski definition) is 1. The second kappa shape index (κ2) is 8.11. The number of carbonyl (C=O) groups excluding carboxylic acids is 1. The fourth-order valence-electron chi connectivity index (χ4n) is 4.58. The molecule has 6 nitrogen and oxygen atoms in total. The molecule has 0 spiro atoms. The lowest BCUT2D eigenvalue weighted by atomic mass is 9.87. The first-order valence-electron chi connectivity index (χ1n) is 10.6. The molecule has 0 unspecified atom stereocenters. The molecule has 3 heterocycles. The highest BCUT2D eigenvalue weighted by atomic mass is 16.2. The summed E-state index contributed by atoms with van der Waals surface area (Å²) < 4.78 is 0. The highest BCUT2D eigenvalue weighted by Gasteiger charge is 2.29. The normalized spacial score (nSPS) is 20.3. The molecule has 1 amide bonds. The Morgan fingerprint density at radius 3 is 2.41 bits per heavy atom. The van der Waals surface area contributed by atoms with Gasteiger partial charge in [-0.1, -0.05) is 24.3 Å². The van der Waals surface area contributed by atoms with E-state index in [0.29, 0.717) is 11.7 Å². The number of likely N-dealkylation sites (tertiary alicyclic amines) is 1. The third-order valence-corrected chi connectivity index (χ3v) is 6.49. The highest BCUT2D eigenvalue weighted by molar-refractivity contribution is 5.91. The maximum atomic E-state index is 13.2. The van der Waals surface area contributed by atoms with Gasteiger partial charge in [-0.3, -0.25) is 4.79 Å². The van der Waals surface area contributed by atoms with Crippen molar-refractivity contribution in [3.05, 3.63) is 52.5 Å². The molecule has 1 atom stereocenters. The first-order chi connectivity index (χ1) is 13.9. The van der Waals surface area contributed by atoms with Crippen LogP contribution in [0, 0.1) is 20.8 Å². The van der Waals surface area contributed by atoms with E-state index in [1.54, 1.807) is 0 Å². The van der Waals surface area contributed by atoms with E-state index < -0.39 is 0 Å². The Hall–Kier alpha value is -2.47. The topological polar surface area (TPSA) is 75.4 Å². The minimum atomic E-state index is -0.0546. The smallest absolute Gasteiger partial charge is 0.291 e. The Labute approximate surface area is 173 Å². The number of anilines is 1. The fourth-order valence-corrected chi connectivity index (χ4v) is 4.58. The lowest BCUT2D eigenvalue weighted by Crippen LogP contribution is -2.39. The van der Waals surface area contributed by atoms with Crippen molar-refractivity contribution in [1.29, 1.82) is 0 Å². The van der Waals surface area contributed by atoms with E-state index in [1.165, 1.54) is 11.1 Å². The Balaban J connectivity index is 1.49. The summed E-state index contributed by atoms with van der Waals surface area (Å²) in [5.41, 5.74) is 10.7. The molecule has 2 saturated heterocycles. The molecule has 0 bridgehead atoms. The third-order valence-electron chi connectivity index (χ3n) is 6.49. The molecule has 2 aliphatic rings. The van der Waals surface area contributed by atoms with Gasteiger partial charge in [-0.05, 0) is 57.1 Å². The van der Waals surface area contributed by atoms with Crippen molar-refractivity contribution in [3.8, 4) is 0 Å². The van der Waals surface area contributed by atoms with Crippen LogP contribution >= 0.6 is 0 Å². The van der Waals surface area contributed by atoms with E-state index in [1.807, 2.05) is 18.7 Å². The minimum Gasteiger partial charge on any atom is -0.355 e. The van der Waals surface area contributed by atoms with Gasteiger partial charge in [-0.2, -0.15) is 0 Å². The lowest BCUT2D eigenvalue weighted by Gasteiger charge is -2.32. The van der Waals surface area contributed by atoms with Gasteiger partial charge in [0, 0.05) is 43.5 Å². The average Bonchev–Trinajstić information content (AvgIpc) is 3.16. The van der Waals surface area contributed by atoms with E-state index in [4.69, 9.17) is 5.73 Å². The number of benzene rings is 1. The van der Waals surface area contributed by atoms with Crippen molar-refractivity contribution in [2.24, 2.45) is 5.73 Å². The zero-order chi connectivity index (χ0) is 20.5. The van der Waals surface area contributed by atoms with E-state index in [0.717, 1.165) is 62.5 Å². The van der Waals surface area contributed by atoms with Crippen LogP contribution < -0.4 is 10.6 Å². The summed E-state index contributed by atoms with van der Waals surface area (Å²) in [5.74, 6) is 1.64. The van der Waals surface area contributed by atoms with E-state index in [2.05, 4.69) is 46.1 Å². The van der Waals surface area contributed by atoms with Gasteiger partial charge in [0.25, 0.3) is 5.91 Å². The van der Waals surface area contributed by atoms with Gasteiger partial charge in [0.2, 0.25) is 5.82 Å². The molecular weight excluding hydrogens is 362 g/mol. The zero-order valence-electron chi connectivity index (χ0n) is 17.7. The summed E-state index contributed by atoms with van der Waals surface area (Å²) in [5, 5.41) is 0. The van der Waals surface area contributed by atoms with Crippen LogP contribution in [-0.2, 0) is 0 Å². The number of rotatable bonds is 3. The second-order valence-electron chi connectivity index (χ2n) is 8.50. The Morgan fingerprint density at radius 1 is 1.03 bits per heavy atom. The summed E-state index contributed by atoms with van der Waals surface area (Å²) >= 11 is 0. The number of amides is 1. The molecule has 4 rings (SSSR count). The second-order valence-corrected chi connectivity index (χ2v) is 8.50. The summed E-state index contributed by atoms with van der Waals surface area (Å²) in [6, 6.07) is 8.75. The van der Waals surface area contributed by atoms with E-state index >= 15 is 0 Å². The summed E-state index contributed by atoms with van der Waals surface area (Å²) in [6.45, 7) is 9.31. The van der Waals surface area contributed by atoms with Crippen LogP contribution in [0.15, 0.2) is 24.3 Å². The van der Waals surface area contributed by atoms with Crippen molar-refractivity contribution < 1.29 is 4.79 Å². The van der Waals surface area contributed by atoms with Crippen LogP contribution in [0.1, 0.15) is 58.2 Å². The van der Waals surface area contributed by atoms with Gasteiger partial charge in [0.1, 0.15) is 5.82 Å². The zero-order valence-corrected chi connectivity index (χ0v) is 17.7. The minimum absolute atomic E-state index is 0.0546. The molecule has 154 valence electrons. The summed E-state index contributed by atoms with van der Waals surface area (Å²) in [4.78, 5) is 26.5. The number of carbonyl (C=O) groups is 1. The molecule has 2 aliphatic heterocycles. The van der Waals surface area contributed by atoms with Gasteiger partial charge in [-0.15, -0.1) is 0 Å². The summed E-state index contributed by atoms with van der Waals surface area (Å²) in [7, 11) is 0. The highest BCUT2D eigenvalue weighted by Crippen LogP contribution is 2.31. The van der Waals surface area contributed by atoms with Gasteiger partial charge in [0.05, 0.1) is 0 Å². The molecule has 2 aromatic rings. The molecule has 0 saturated carbocycles. The maximum Gasteiger partial charge on any atom is 0.291 e. The molecular formula is C23H31N5O.